The molecule has 2 atom stereocenters. The third-order valence-corrected chi connectivity index (χ3v) is 4.75. The molecule has 2 amide bonds. The lowest BCUT2D eigenvalue weighted by Gasteiger charge is -2.36. The van der Waals surface area contributed by atoms with Gasteiger partial charge in [0.2, 0.25) is 11.8 Å². The zero-order valence-electron chi connectivity index (χ0n) is 11.2. The molecule has 0 aliphatic carbocycles. The number of likely N-dealkylation sites (tertiary alicyclic amines) is 1. The molecule has 1 aliphatic rings. The number of piperidine rings is 1. The van der Waals surface area contributed by atoms with Crippen LogP contribution in [0.25, 0.3) is 6.08 Å². The van der Waals surface area contributed by atoms with E-state index in [-0.39, 0.29) is 23.8 Å². The summed E-state index contributed by atoms with van der Waals surface area (Å²) >= 11 is 7.26. The van der Waals surface area contributed by atoms with Crippen molar-refractivity contribution in [2.75, 3.05) is 6.54 Å². The highest BCUT2D eigenvalue weighted by Crippen LogP contribution is 2.24. The summed E-state index contributed by atoms with van der Waals surface area (Å²) < 4.78 is 0.692. The first-order valence-corrected chi connectivity index (χ1v) is 7.70. The number of thiophene rings is 1. The second-order valence-electron chi connectivity index (χ2n) is 4.99. The fraction of sp³-hybridized carbons (Fsp3) is 0.429. The predicted molar refractivity (Wildman–Crippen MR) is 81.5 cm³/mol. The highest BCUT2D eigenvalue weighted by Gasteiger charge is 2.30. The van der Waals surface area contributed by atoms with Crippen molar-refractivity contribution in [2.45, 2.75) is 25.8 Å². The van der Waals surface area contributed by atoms with Crippen LogP contribution in [-0.4, -0.2) is 29.3 Å². The van der Waals surface area contributed by atoms with E-state index in [0.29, 0.717) is 10.9 Å². The SMILES string of the molecule is CC1CCC(C(N)=O)CN1C(=O)C=Cc1ccc(Cl)s1. The zero-order valence-corrected chi connectivity index (χ0v) is 12.8. The molecule has 0 radical (unpaired) electrons. The quantitative estimate of drug-likeness (QED) is 0.872. The van der Waals surface area contributed by atoms with Gasteiger partial charge in [0, 0.05) is 23.5 Å². The Hall–Kier alpha value is -1.33. The Morgan fingerprint density at radius 1 is 1.45 bits per heavy atom. The number of primary amides is 1. The summed E-state index contributed by atoms with van der Waals surface area (Å²) in [5, 5.41) is 0. The Labute approximate surface area is 127 Å². The van der Waals surface area contributed by atoms with Crippen LogP contribution in [0.2, 0.25) is 4.34 Å². The minimum atomic E-state index is -0.330. The van der Waals surface area contributed by atoms with Crippen molar-refractivity contribution in [1.29, 1.82) is 0 Å². The maximum absolute atomic E-state index is 12.2. The Morgan fingerprint density at radius 3 is 2.80 bits per heavy atom. The first-order chi connectivity index (χ1) is 9.47. The number of halogens is 1. The fourth-order valence-electron chi connectivity index (χ4n) is 2.31. The Balaban J connectivity index is 2.03. The van der Waals surface area contributed by atoms with Crippen molar-refractivity contribution in [3.8, 4) is 0 Å². The third-order valence-electron chi connectivity index (χ3n) is 3.55. The number of hydrogen-bond acceptors (Lipinski definition) is 3. The molecule has 20 heavy (non-hydrogen) atoms. The maximum Gasteiger partial charge on any atom is 0.246 e. The van der Waals surface area contributed by atoms with E-state index >= 15 is 0 Å². The van der Waals surface area contributed by atoms with Crippen LogP contribution < -0.4 is 5.73 Å². The van der Waals surface area contributed by atoms with Crippen LogP contribution >= 0.6 is 22.9 Å². The molecule has 2 unspecified atom stereocenters. The smallest absolute Gasteiger partial charge is 0.246 e. The molecule has 1 fully saturated rings. The summed E-state index contributed by atoms with van der Waals surface area (Å²) in [5.41, 5.74) is 5.33. The van der Waals surface area contributed by atoms with Gasteiger partial charge in [-0.2, -0.15) is 0 Å². The first kappa shape index (κ1) is 15.1. The molecular weight excluding hydrogens is 296 g/mol. The molecule has 2 heterocycles. The molecule has 1 aromatic rings. The Bertz CT molecular complexity index is 541. The summed E-state index contributed by atoms with van der Waals surface area (Å²) in [4.78, 5) is 26.1. The van der Waals surface area contributed by atoms with Crippen molar-refractivity contribution < 1.29 is 9.59 Å². The number of nitrogens with two attached hydrogens (primary N) is 1. The van der Waals surface area contributed by atoms with E-state index in [0.717, 1.165) is 17.7 Å². The number of rotatable bonds is 3. The lowest BCUT2D eigenvalue weighted by atomic mass is 9.93. The lowest BCUT2D eigenvalue weighted by Crippen LogP contribution is -2.48. The third kappa shape index (κ3) is 3.61. The number of nitrogens with zero attached hydrogens (tertiary/aromatic N) is 1. The second-order valence-corrected chi connectivity index (χ2v) is 6.74. The standard InChI is InChI=1S/C14H17ClN2O2S/c1-9-2-3-10(14(16)19)8-17(9)13(18)7-5-11-4-6-12(15)20-11/h4-7,9-10H,2-3,8H2,1H3,(H2,16,19). The van der Waals surface area contributed by atoms with Crippen LogP contribution in [0.1, 0.15) is 24.6 Å². The normalized spacial score (nSPS) is 23.2. The molecule has 1 saturated heterocycles. The maximum atomic E-state index is 12.2. The van der Waals surface area contributed by atoms with Crippen LogP contribution in [0.4, 0.5) is 0 Å². The molecule has 1 aliphatic heterocycles. The summed E-state index contributed by atoms with van der Waals surface area (Å²) in [7, 11) is 0. The summed E-state index contributed by atoms with van der Waals surface area (Å²) in [6, 6.07) is 3.79. The van der Waals surface area contributed by atoms with Crippen molar-refractivity contribution in [2.24, 2.45) is 11.7 Å². The van der Waals surface area contributed by atoms with E-state index < -0.39 is 0 Å². The lowest BCUT2D eigenvalue weighted by molar-refractivity contribution is -0.133. The van der Waals surface area contributed by atoms with Crippen molar-refractivity contribution in [3.05, 3.63) is 27.4 Å². The van der Waals surface area contributed by atoms with Gasteiger partial charge in [-0.15, -0.1) is 11.3 Å². The number of carbonyl (C=O) groups excluding carboxylic acids is 2. The average molecular weight is 313 g/mol. The molecule has 0 saturated carbocycles. The van der Waals surface area contributed by atoms with Gasteiger partial charge < -0.3 is 10.6 Å². The van der Waals surface area contributed by atoms with Crippen LogP contribution in [0.5, 0.6) is 0 Å². The van der Waals surface area contributed by atoms with Crippen LogP contribution in [0, 0.1) is 5.92 Å². The molecule has 2 N–H and O–H groups in total. The van der Waals surface area contributed by atoms with E-state index in [1.54, 1.807) is 17.0 Å². The molecule has 108 valence electrons. The molecule has 1 aromatic heterocycles. The average Bonchev–Trinajstić information content (AvgIpc) is 2.82. The monoisotopic (exact) mass is 312 g/mol. The number of amides is 2. The highest BCUT2D eigenvalue weighted by molar-refractivity contribution is 7.17. The van der Waals surface area contributed by atoms with E-state index in [9.17, 15) is 9.59 Å². The van der Waals surface area contributed by atoms with Gasteiger partial charge in [-0.3, -0.25) is 9.59 Å². The van der Waals surface area contributed by atoms with Crippen molar-refractivity contribution >= 4 is 40.8 Å². The van der Waals surface area contributed by atoms with Crippen molar-refractivity contribution in [1.82, 2.24) is 4.90 Å². The van der Waals surface area contributed by atoms with Gasteiger partial charge in [-0.25, -0.2) is 0 Å². The van der Waals surface area contributed by atoms with Gasteiger partial charge >= 0.3 is 0 Å². The second kappa shape index (κ2) is 6.41. The number of hydrogen-bond donors (Lipinski definition) is 1. The first-order valence-electron chi connectivity index (χ1n) is 6.50. The van der Waals surface area contributed by atoms with Crippen LogP contribution in [0.15, 0.2) is 18.2 Å². The molecular formula is C14H17ClN2O2S. The molecule has 2 rings (SSSR count). The van der Waals surface area contributed by atoms with Crippen LogP contribution in [-0.2, 0) is 9.59 Å². The van der Waals surface area contributed by atoms with E-state index in [1.165, 1.54) is 17.4 Å². The van der Waals surface area contributed by atoms with Crippen LogP contribution in [0.3, 0.4) is 0 Å². The van der Waals surface area contributed by atoms with Gasteiger partial charge in [0.25, 0.3) is 0 Å². The van der Waals surface area contributed by atoms with Gasteiger partial charge in [0.1, 0.15) is 0 Å². The topological polar surface area (TPSA) is 63.4 Å². The predicted octanol–water partition coefficient (Wildman–Crippen LogP) is 2.53. The van der Waals surface area contributed by atoms with E-state index in [4.69, 9.17) is 17.3 Å². The highest BCUT2D eigenvalue weighted by atomic mass is 35.5. The largest absolute Gasteiger partial charge is 0.369 e. The molecule has 0 aromatic carbocycles. The van der Waals surface area contributed by atoms with Gasteiger partial charge in [0.15, 0.2) is 0 Å². The number of carbonyl (C=O) groups is 2. The summed E-state index contributed by atoms with van der Waals surface area (Å²) in [6.45, 7) is 2.40. The van der Waals surface area contributed by atoms with Gasteiger partial charge in [0.05, 0.1) is 10.3 Å². The summed E-state index contributed by atoms with van der Waals surface area (Å²) in [6.07, 6.45) is 4.84. The minimum Gasteiger partial charge on any atom is -0.369 e. The molecule has 4 nitrogen and oxygen atoms in total. The molecule has 6 heteroatoms. The zero-order chi connectivity index (χ0) is 14.7. The summed E-state index contributed by atoms with van der Waals surface area (Å²) in [5.74, 6) is -0.656. The minimum absolute atomic E-state index is 0.0898. The Kier molecular flexibility index (Phi) is 4.83. The molecule has 0 bridgehead atoms. The van der Waals surface area contributed by atoms with Gasteiger partial charge in [-0.05, 0) is 38.0 Å². The van der Waals surface area contributed by atoms with E-state index in [2.05, 4.69) is 0 Å². The van der Waals surface area contributed by atoms with Crippen molar-refractivity contribution in [3.63, 3.8) is 0 Å². The fourth-order valence-corrected chi connectivity index (χ4v) is 3.28. The Morgan fingerprint density at radius 2 is 2.20 bits per heavy atom. The van der Waals surface area contributed by atoms with E-state index in [1.807, 2.05) is 13.0 Å². The van der Waals surface area contributed by atoms with Gasteiger partial charge in [-0.1, -0.05) is 11.6 Å². The molecule has 0 spiro atoms.